The van der Waals surface area contributed by atoms with Gasteiger partial charge in [0.1, 0.15) is 11.5 Å². The van der Waals surface area contributed by atoms with Gasteiger partial charge in [0.05, 0.1) is 12.2 Å². The first-order valence-corrected chi connectivity index (χ1v) is 16.8. The van der Waals surface area contributed by atoms with Crippen molar-refractivity contribution < 1.29 is 20.4 Å². The molecule has 0 heterocycles. The lowest BCUT2D eigenvalue weighted by Gasteiger charge is -2.50. The zero-order chi connectivity index (χ0) is 29.0. The van der Waals surface area contributed by atoms with E-state index in [1.54, 1.807) is 0 Å². The van der Waals surface area contributed by atoms with Gasteiger partial charge in [-0.25, -0.2) is 0 Å². The van der Waals surface area contributed by atoms with Crippen LogP contribution in [0.1, 0.15) is 123 Å². The van der Waals surface area contributed by atoms with Crippen LogP contribution in [0.4, 0.5) is 0 Å². The highest BCUT2D eigenvalue weighted by atomic mass is 16.3. The van der Waals surface area contributed by atoms with E-state index in [1.807, 2.05) is 24.3 Å². The molecule has 0 aromatic heterocycles. The molecule has 0 unspecified atom stereocenters. The molecule has 0 bridgehead atoms. The maximum Gasteiger partial charge on any atom is 0.117 e. The summed E-state index contributed by atoms with van der Waals surface area (Å²) in [5.74, 6) is 10.8. The summed E-state index contributed by atoms with van der Waals surface area (Å²) in [6, 6.07) is 7.67. The zero-order valence-corrected chi connectivity index (χ0v) is 25.2. The smallest absolute Gasteiger partial charge is 0.117 e. The Hall–Kier alpha value is -2.48. The van der Waals surface area contributed by atoms with Crippen LogP contribution in [0.5, 0.6) is 11.5 Å². The molecule has 6 aliphatic rings. The van der Waals surface area contributed by atoms with E-state index in [0.29, 0.717) is 35.5 Å². The highest BCUT2D eigenvalue weighted by Crippen LogP contribution is 2.63. The molecule has 4 N–H and O–H groups in total. The topological polar surface area (TPSA) is 80.9 Å². The largest absolute Gasteiger partial charge is 0.508 e. The third-order valence-electron chi connectivity index (χ3n) is 13.8. The van der Waals surface area contributed by atoms with Crippen LogP contribution >= 0.6 is 0 Å². The number of phenols is 2. The molecule has 2 aromatic rings. The number of hydrogen-bond acceptors (Lipinski definition) is 4. The SMILES string of the molecule is C[C@]12CC[C@@H]3c4c(C#Cc5cc(O)cc6c5[C@H]5CC[C@]7(C)[C@@H](O)CC[C@H]7[C@@H]5CC6)cc(O)cc4CC[C@H]3[C@@H]1CC[C@@H]2O. The van der Waals surface area contributed by atoms with Gasteiger partial charge in [0, 0.05) is 11.1 Å². The van der Waals surface area contributed by atoms with Crippen molar-refractivity contribution in [2.45, 2.75) is 115 Å². The Bertz CT molecular complexity index is 1390. The van der Waals surface area contributed by atoms with Gasteiger partial charge in [-0.2, -0.15) is 0 Å². The average molecular weight is 567 g/mol. The molecule has 4 saturated carbocycles. The summed E-state index contributed by atoms with van der Waals surface area (Å²) < 4.78 is 0. The number of aliphatic hydroxyl groups excluding tert-OH is 2. The molecule has 4 nitrogen and oxygen atoms in total. The molecule has 0 spiro atoms. The van der Waals surface area contributed by atoms with Gasteiger partial charge >= 0.3 is 0 Å². The number of hydrogen-bond donors (Lipinski definition) is 4. The zero-order valence-electron chi connectivity index (χ0n) is 25.2. The summed E-state index contributed by atoms with van der Waals surface area (Å²) in [7, 11) is 0. The lowest BCUT2D eigenvalue weighted by molar-refractivity contribution is -0.0227. The Morgan fingerprint density at radius 3 is 1.45 bits per heavy atom. The van der Waals surface area contributed by atoms with E-state index in [-0.39, 0.29) is 34.5 Å². The van der Waals surface area contributed by atoms with Crippen LogP contribution in [-0.2, 0) is 12.8 Å². The fourth-order valence-corrected chi connectivity index (χ4v) is 11.7. The van der Waals surface area contributed by atoms with E-state index >= 15 is 0 Å². The number of benzene rings is 2. The minimum Gasteiger partial charge on any atom is -0.508 e. The summed E-state index contributed by atoms with van der Waals surface area (Å²) in [5, 5.41) is 43.2. The van der Waals surface area contributed by atoms with Crippen LogP contribution in [0.15, 0.2) is 24.3 Å². The molecule has 2 aromatic carbocycles. The van der Waals surface area contributed by atoms with Crippen molar-refractivity contribution in [1.82, 2.24) is 0 Å². The maximum absolute atomic E-state index is 10.9. The molecule has 0 radical (unpaired) electrons. The van der Waals surface area contributed by atoms with Gasteiger partial charge in [-0.15, -0.1) is 0 Å². The van der Waals surface area contributed by atoms with Gasteiger partial charge in [0.15, 0.2) is 0 Å². The van der Waals surface area contributed by atoms with Crippen molar-refractivity contribution in [2.24, 2.45) is 34.5 Å². The van der Waals surface area contributed by atoms with Gasteiger partial charge in [0.2, 0.25) is 0 Å². The number of aromatic hydroxyl groups is 2. The second-order valence-electron chi connectivity index (χ2n) is 15.5. The molecule has 4 heteroatoms. The van der Waals surface area contributed by atoms with Crippen molar-refractivity contribution in [3.63, 3.8) is 0 Å². The normalized spacial score (nSPS) is 41.3. The van der Waals surface area contributed by atoms with Crippen molar-refractivity contribution in [3.05, 3.63) is 57.6 Å². The van der Waals surface area contributed by atoms with Crippen molar-refractivity contribution in [3.8, 4) is 23.3 Å². The van der Waals surface area contributed by atoms with Gasteiger partial charge in [-0.3, -0.25) is 0 Å². The first kappa shape index (κ1) is 27.1. The molecule has 10 atom stereocenters. The fraction of sp³-hybridized carbons (Fsp3) is 0.632. The summed E-state index contributed by atoms with van der Waals surface area (Å²) in [5.41, 5.74) is 7.11. The molecular weight excluding hydrogens is 520 g/mol. The Labute approximate surface area is 250 Å². The van der Waals surface area contributed by atoms with Crippen molar-refractivity contribution >= 4 is 0 Å². The molecule has 42 heavy (non-hydrogen) atoms. The highest BCUT2D eigenvalue weighted by molar-refractivity contribution is 5.59. The van der Waals surface area contributed by atoms with E-state index in [0.717, 1.165) is 88.2 Å². The van der Waals surface area contributed by atoms with Crippen molar-refractivity contribution in [2.75, 3.05) is 0 Å². The van der Waals surface area contributed by atoms with Crippen LogP contribution in [0.25, 0.3) is 0 Å². The fourth-order valence-electron chi connectivity index (χ4n) is 11.7. The summed E-state index contributed by atoms with van der Waals surface area (Å²) in [6.45, 7) is 4.63. The Morgan fingerprint density at radius 1 is 0.595 bits per heavy atom. The number of aryl methyl sites for hydroxylation is 2. The second-order valence-corrected chi connectivity index (χ2v) is 15.5. The van der Waals surface area contributed by atoms with Crippen LogP contribution < -0.4 is 0 Å². The molecule has 0 amide bonds. The van der Waals surface area contributed by atoms with E-state index in [9.17, 15) is 20.4 Å². The molecule has 8 rings (SSSR count). The lowest BCUT2D eigenvalue weighted by atomic mass is 9.55. The second kappa shape index (κ2) is 9.51. The number of rotatable bonds is 0. The molecule has 4 fully saturated rings. The third-order valence-corrected chi connectivity index (χ3v) is 13.8. The highest BCUT2D eigenvalue weighted by Gasteiger charge is 2.56. The number of fused-ring (bicyclic) bond motifs is 10. The third kappa shape index (κ3) is 3.82. The van der Waals surface area contributed by atoms with Gasteiger partial charge in [0.25, 0.3) is 0 Å². The van der Waals surface area contributed by atoms with E-state index in [4.69, 9.17) is 0 Å². The molecule has 6 aliphatic carbocycles. The Balaban J connectivity index is 1.18. The van der Waals surface area contributed by atoms with Gasteiger partial charge < -0.3 is 20.4 Å². The summed E-state index contributed by atoms with van der Waals surface area (Å²) in [6.07, 6.45) is 12.1. The standard InChI is InChI=1S/C38H46O4/c1-37-15-13-29-27(31(37)9-11-33(37)41)7-5-23-19-25(39)17-21(35(23)29)3-4-22-18-26(40)20-24-6-8-28-30(36(22)24)14-16-38(2)32(28)10-12-34(38)42/h17-20,27-34,39-42H,5-16H2,1-2H3/t27-,28-,29+,30+,31+,32+,33+,34+,37+,38+/m1/s1. The lowest BCUT2D eigenvalue weighted by Crippen LogP contribution is -2.44. The maximum atomic E-state index is 10.9. The van der Waals surface area contributed by atoms with Crippen LogP contribution in [0.2, 0.25) is 0 Å². The number of aliphatic hydroxyl groups is 2. The van der Waals surface area contributed by atoms with Crippen molar-refractivity contribution in [1.29, 1.82) is 0 Å². The number of phenolic OH excluding ortho intramolecular Hbond substituents is 2. The first-order valence-electron chi connectivity index (χ1n) is 16.8. The molecule has 222 valence electrons. The average Bonchev–Trinajstić information content (AvgIpc) is 3.45. The Morgan fingerprint density at radius 2 is 1.02 bits per heavy atom. The molecular formula is C38H46O4. The van der Waals surface area contributed by atoms with E-state index in [1.165, 1.54) is 22.3 Å². The predicted molar refractivity (Wildman–Crippen MR) is 163 cm³/mol. The minimum absolute atomic E-state index is 0.0318. The quantitative estimate of drug-likeness (QED) is 0.261. The van der Waals surface area contributed by atoms with Crippen LogP contribution in [0, 0.1) is 46.3 Å². The summed E-state index contributed by atoms with van der Waals surface area (Å²) in [4.78, 5) is 0. The van der Waals surface area contributed by atoms with Crippen LogP contribution in [0.3, 0.4) is 0 Å². The predicted octanol–water partition coefficient (Wildman–Crippen LogP) is 6.93. The van der Waals surface area contributed by atoms with Crippen LogP contribution in [-0.4, -0.2) is 32.6 Å². The monoisotopic (exact) mass is 566 g/mol. The van der Waals surface area contributed by atoms with Gasteiger partial charge in [-0.05, 0) is 170 Å². The first-order chi connectivity index (χ1) is 20.2. The van der Waals surface area contributed by atoms with E-state index in [2.05, 4.69) is 25.7 Å². The summed E-state index contributed by atoms with van der Waals surface area (Å²) >= 11 is 0. The van der Waals surface area contributed by atoms with Gasteiger partial charge in [-0.1, -0.05) is 25.7 Å². The van der Waals surface area contributed by atoms with E-state index < -0.39 is 0 Å². The Kier molecular flexibility index (Phi) is 6.13. The minimum atomic E-state index is -0.185. The molecule has 0 saturated heterocycles. The molecule has 0 aliphatic heterocycles.